The number of carbonyl (C=O) groups is 2. The SMILES string of the molecule is O=C(O)Cn1cc(C(C(=O)O)N2CCN(Cc3cccs3)CC2)c2ccc(F)cc21. The van der Waals surface area contributed by atoms with E-state index in [1.54, 1.807) is 11.3 Å². The first-order chi connectivity index (χ1) is 14.4. The molecule has 1 aliphatic rings. The molecule has 7 nitrogen and oxygen atoms in total. The molecule has 0 radical (unpaired) electrons. The maximum atomic E-state index is 13.8. The van der Waals surface area contributed by atoms with Gasteiger partial charge in [0.1, 0.15) is 18.4 Å². The molecule has 1 unspecified atom stereocenters. The minimum absolute atomic E-state index is 0.360. The van der Waals surface area contributed by atoms with Crippen molar-refractivity contribution in [3.63, 3.8) is 0 Å². The molecule has 1 fully saturated rings. The highest BCUT2D eigenvalue weighted by atomic mass is 32.1. The molecule has 1 aliphatic heterocycles. The largest absolute Gasteiger partial charge is 0.480 e. The summed E-state index contributed by atoms with van der Waals surface area (Å²) in [5, 5.41) is 21.8. The molecule has 3 heterocycles. The van der Waals surface area contributed by atoms with E-state index in [2.05, 4.69) is 11.0 Å². The Labute approximate surface area is 176 Å². The van der Waals surface area contributed by atoms with Crippen molar-refractivity contribution in [2.24, 2.45) is 0 Å². The van der Waals surface area contributed by atoms with Crippen molar-refractivity contribution >= 4 is 34.2 Å². The van der Waals surface area contributed by atoms with Crippen molar-refractivity contribution in [1.29, 1.82) is 0 Å². The number of rotatable bonds is 7. The van der Waals surface area contributed by atoms with Gasteiger partial charge in [0.15, 0.2) is 0 Å². The molecule has 0 bridgehead atoms. The fraction of sp³-hybridized carbons (Fsp3) is 0.333. The Balaban J connectivity index is 1.60. The van der Waals surface area contributed by atoms with Crippen molar-refractivity contribution in [3.05, 3.63) is 58.2 Å². The van der Waals surface area contributed by atoms with Crippen molar-refractivity contribution in [2.45, 2.75) is 19.1 Å². The lowest BCUT2D eigenvalue weighted by atomic mass is 10.0. The van der Waals surface area contributed by atoms with Crippen LogP contribution in [0.15, 0.2) is 41.9 Å². The number of fused-ring (bicyclic) bond motifs is 1. The monoisotopic (exact) mass is 431 g/mol. The van der Waals surface area contributed by atoms with E-state index in [-0.39, 0.29) is 6.54 Å². The number of carboxylic acid groups (broad SMARTS) is 2. The quantitative estimate of drug-likeness (QED) is 0.598. The summed E-state index contributed by atoms with van der Waals surface area (Å²) in [5.41, 5.74) is 0.875. The molecule has 0 saturated carbocycles. The van der Waals surface area contributed by atoms with Crippen LogP contribution in [0.3, 0.4) is 0 Å². The third kappa shape index (κ3) is 4.23. The number of carboxylic acids is 2. The summed E-state index contributed by atoms with van der Waals surface area (Å²) in [5.74, 6) is -2.56. The van der Waals surface area contributed by atoms with E-state index in [4.69, 9.17) is 0 Å². The van der Waals surface area contributed by atoms with E-state index in [0.717, 1.165) is 19.6 Å². The molecule has 2 aromatic heterocycles. The molecule has 30 heavy (non-hydrogen) atoms. The number of benzene rings is 1. The van der Waals surface area contributed by atoms with Crippen molar-refractivity contribution in [3.8, 4) is 0 Å². The summed E-state index contributed by atoms with van der Waals surface area (Å²) < 4.78 is 15.2. The van der Waals surface area contributed by atoms with Gasteiger partial charge in [-0.25, -0.2) is 4.39 Å². The second-order valence-electron chi connectivity index (χ2n) is 7.40. The molecule has 158 valence electrons. The summed E-state index contributed by atoms with van der Waals surface area (Å²) >= 11 is 1.70. The average molecular weight is 431 g/mol. The molecule has 9 heteroatoms. The minimum atomic E-state index is -1.07. The number of piperazine rings is 1. The van der Waals surface area contributed by atoms with Crippen molar-refractivity contribution in [1.82, 2.24) is 14.4 Å². The van der Waals surface area contributed by atoms with Crippen LogP contribution in [0.25, 0.3) is 10.9 Å². The van der Waals surface area contributed by atoms with Crippen LogP contribution >= 0.6 is 11.3 Å². The van der Waals surface area contributed by atoms with Crippen LogP contribution in [0.2, 0.25) is 0 Å². The molecule has 1 atom stereocenters. The van der Waals surface area contributed by atoms with Gasteiger partial charge in [0.05, 0.1) is 5.52 Å². The van der Waals surface area contributed by atoms with Gasteiger partial charge < -0.3 is 14.8 Å². The highest BCUT2D eigenvalue weighted by molar-refractivity contribution is 7.09. The second kappa shape index (κ2) is 8.55. The van der Waals surface area contributed by atoms with Crippen LogP contribution in [0.5, 0.6) is 0 Å². The summed E-state index contributed by atoms with van der Waals surface area (Å²) in [6.45, 7) is 3.12. The maximum absolute atomic E-state index is 13.8. The first-order valence-electron chi connectivity index (χ1n) is 9.64. The zero-order valence-corrected chi connectivity index (χ0v) is 17.0. The fourth-order valence-electron chi connectivity index (χ4n) is 4.08. The van der Waals surface area contributed by atoms with Crippen LogP contribution in [0.4, 0.5) is 4.39 Å². The van der Waals surface area contributed by atoms with E-state index >= 15 is 0 Å². The van der Waals surface area contributed by atoms with E-state index in [1.165, 1.54) is 33.8 Å². The van der Waals surface area contributed by atoms with Crippen molar-refractivity contribution in [2.75, 3.05) is 26.2 Å². The van der Waals surface area contributed by atoms with E-state index < -0.39 is 23.8 Å². The molecule has 0 spiro atoms. The highest BCUT2D eigenvalue weighted by Gasteiger charge is 2.33. The maximum Gasteiger partial charge on any atom is 0.325 e. The first-order valence-corrected chi connectivity index (χ1v) is 10.5. The predicted octanol–water partition coefficient (Wildman–Crippen LogP) is 2.87. The Kier molecular flexibility index (Phi) is 5.85. The van der Waals surface area contributed by atoms with Gasteiger partial charge in [-0.3, -0.25) is 19.4 Å². The Morgan fingerprint density at radius 1 is 1.13 bits per heavy atom. The zero-order valence-electron chi connectivity index (χ0n) is 16.2. The van der Waals surface area contributed by atoms with Crippen LogP contribution in [0.1, 0.15) is 16.5 Å². The molecule has 4 rings (SSSR count). The number of aromatic nitrogens is 1. The van der Waals surface area contributed by atoms with Crippen LogP contribution in [-0.2, 0) is 22.7 Å². The Morgan fingerprint density at radius 2 is 1.90 bits per heavy atom. The van der Waals surface area contributed by atoms with E-state index in [0.29, 0.717) is 29.6 Å². The third-order valence-electron chi connectivity index (χ3n) is 5.44. The van der Waals surface area contributed by atoms with Gasteiger partial charge in [0.2, 0.25) is 0 Å². The zero-order chi connectivity index (χ0) is 21.3. The molecule has 1 saturated heterocycles. The molecule has 0 aliphatic carbocycles. The van der Waals surface area contributed by atoms with Gasteiger partial charge in [-0.2, -0.15) is 0 Å². The van der Waals surface area contributed by atoms with Crippen LogP contribution < -0.4 is 0 Å². The van der Waals surface area contributed by atoms with E-state index in [1.807, 2.05) is 16.3 Å². The summed E-state index contributed by atoms with van der Waals surface area (Å²) in [6.07, 6.45) is 1.54. The number of hydrogen-bond acceptors (Lipinski definition) is 5. The number of halogens is 1. The van der Waals surface area contributed by atoms with Gasteiger partial charge in [0, 0.05) is 54.7 Å². The molecule has 3 aromatic rings. The van der Waals surface area contributed by atoms with Gasteiger partial charge >= 0.3 is 11.9 Å². The molecule has 0 amide bonds. The lowest BCUT2D eigenvalue weighted by Crippen LogP contribution is -2.48. The van der Waals surface area contributed by atoms with Gasteiger partial charge in [-0.15, -0.1) is 11.3 Å². The summed E-state index contributed by atoms with van der Waals surface area (Å²) in [4.78, 5) is 28.9. The standard InChI is InChI=1S/C21H22FN3O4S/c22-14-3-4-16-17(12-25(13-19(26)27)18(16)10-14)20(21(28)29)24-7-5-23(6-8-24)11-15-2-1-9-30-15/h1-4,9-10,12,20H,5-8,11,13H2,(H,26,27)(H,28,29). The average Bonchev–Trinajstić information content (AvgIpc) is 3.31. The van der Waals surface area contributed by atoms with Crippen molar-refractivity contribution < 1.29 is 24.2 Å². The number of hydrogen-bond donors (Lipinski definition) is 2. The number of thiophene rings is 1. The highest BCUT2D eigenvalue weighted by Crippen LogP contribution is 2.32. The Bertz CT molecular complexity index is 1060. The normalized spacial score (nSPS) is 16.7. The first kappa shape index (κ1) is 20.5. The Hall–Kier alpha value is -2.75. The lowest BCUT2D eigenvalue weighted by Gasteiger charge is -2.37. The van der Waals surface area contributed by atoms with Gasteiger partial charge in [-0.05, 0) is 29.6 Å². The van der Waals surface area contributed by atoms with Crippen LogP contribution in [-0.4, -0.2) is 62.7 Å². The fourth-order valence-corrected chi connectivity index (χ4v) is 4.82. The molecule has 1 aromatic carbocycles. The summed E-state index contributed by atoms with van der Waals surface area (Å²) in [7, 11) is 0. The number of aliphatic carboxylic acids is 2. The van der Waals surface area contributed by atoms with Crippen LogP contribution in [0, 0.1) is 5.82 Å². The molecular weight excluding hydrogens is 409 g/mol. The summed E-state index contributed by atoms with van der Waals surface area (Å²) in [6, 6.07) is 7.24. The minimum Gasteiger partial charge on any atom is -0.480 e. The topological polar surface area (TPSA) is 86.0 Å². The third-order valence-corrected chi connectivity index (χ3v) is 6.30. The Morgan fingerprint density at radius 3 is 2.53 bits per heavy atom. The predicted molar refractivity (Wildman–Crippen MR) is 111 cm³/mol. The molecule has 2 N–H and O–H groups in total. The van der Waals surface area contributed by atoms with Gasteiger partial charge in [-0.1, -0.05) is 6.07 Å². The number of nitrogens with zero attached hydrogens (tertiary/aromatic N) is 3. The molecular formula is C21H22FN3O4S. The second-order valence-corrected chi connectivity index (χ2v) is 8.43. The van der Waals surface area contributed by atoms with Gasteiger partial charge in [0.25, 0.3) is 0 Å². The van der Waals surface area contributed by atoms with E-state index in [9.17, 15) is 24.2 Å². The smallest absolute Gasteiger partial charge is 0.325 e. The lowest BCUT2D eigenvalue weighted by molar-refractivity contribution is -0.144.